The van der Waals surface area contributed by atoms with Gasteiger partial charge >= 0.3 is 0 Å². The van der Waals surface area contributed by atoms with E-state index in [0.717, 1.165) is 40.5 Å². The van der Waals surface area contributed by atoms with E-state index in [1.807, 2.05) is 49.4 Å². The molecule has 1 N–H and O–H groups in total. The molecular weight excluding hydrogens is 455 g/mol. The maximum Gasteiger partial charge on any atom is 0.238 e. The minimum Gasteiger partial charge on any atom is -0.325 e. The number of carbonyl (C=O) groups is 1. The van der Waals surface area contributed by atoms with Crippen LogP contribution in [0, 0.1) is 12.8 Å². The van der Waals surface area contributed by atoms with E-state index in [2.05, 4.69) is 40.5 Å². The molecule has 0 fully saturated rings. The molecule has 0 saturated heterocycles. The van der Waals surface area contributed by atoms with E-state index in [0.29, 0.717) is 22.4 Å². The standard InChI is InChI=1S/C26H26Cl2N4O/c1-14(2)10-15(3)24-26(20-9-8-19(28)12-22(20)29-25(26)33)21(17-6-5-7-18(27)11-17)13-23-31-30-16(4)32(23)24/h5-9,11-12,14,21,24H,3,10,13H2,1-2,4H3,(H,29,33)/t21-,24+,26-/m0/s1. The SMILES string of the molecule is C=C(CC(C)C)[C@H]1n2c(C)nnc2C[C@@H](c2cccc(Cl)c2)[C@]12C(=O)Nc1cc(Cl)ccc12. The number of fused-ring (bicyclic) bond motifs is 3. The van der Waals surface area contributed by atoms with Crippen molar-refractivity contribution in [2.45, 2.75) is 51.0 Å². The number of allylic oxidation sites excluding steroid dienone is 1. The molecule has 1 amide bonds. The Hall–Kier alpha value is -2.63. The molecule has 2 aromatic carbocycles. The third-order valence-electron chi connectivity index (χ3n) is 6.92. The molecule has 0 aliphatic carbocycles. The zero-order valence-electron chi connectivity index (χ0n) is 18.9. The number of carbonyl (C=O) groups excluding carboxylic acids is 1. The summed E-state index contributed by atoms with van der Waals surface area (Å²) < 4.78 is 2.12. The lowest BCUT2D eigenvalue weighted by atomic mass is 9.59. The van der Waals surface area contributed by atoms with E-state index in [1.54, 1.807) is 0 Å². The number of aryl methyl sites for hydroxylation is 1. The van der Waals surface area contributed by atoms with Gasteiger partial charge in [-0.2, -0.15) is 0 Å². The van der Waals surface area contributed by atoms with E-state index >= 15 is 0 Å². The van der Waals surface area contributed by atoms with Crippen molar-refractivity contribution in [2.75, 3.05) is 5.32 Å². The van der Waals surface area contributed by atoms with Gasteiger partial charge in [0.2, 0.25) is 5.91 Å². The van der Waals surface area contributed by atoms with Gasteiger partial charge in [0.05, 0.1) is 6.04 Å². The third kappa shape index (κ3) is 3.32. The van der Waals surface area contributed by atoms with E-state index in [1.165, 1.54) is 0 Å². The topological polar surface area (TPSA) is 59.8 Å². The van der Waals surface area contributed by atoms with Gasteiger partial charge in [0, 0.05) is 28.1 Å². The second kappa shape index (κ2) is 8.00. The minimum atomic E-state index is -0.934. The van der Waals surface area contributed by atoms with Crippen LogP contribution in [-0.4, -0.2) is 20.7 Å². The van der Waals surface area contributed by atoms with Crippen molar-refractivity contribution >= 4 is 34.8 Å². The minimum absolute atomic E-state index is 0.0570. The quantitative estimate of drug-likeness (QED) is 0.447. The molecule has 3 heterocycles. The Kier molecular flexibility index (Phi) is 5.37. The van der Waals surface area contributed by atoms with E-state index in [4.69, 9.17) is 23.2 Å². The molecule has 3 atom stereocenters. The number of aromatic nitrogens is 3. The molecule has 0 radical (unpaired) electrons. The number of halogens is 2. The van der Waals surface area contributed by atoms with E-state index in [9.17, 15) is 4.79 Å². The fourth-order valence-corrected chi connectivity index (χ4v) is 6.19. The van der Waals surface area contributed by atoms with Crippen molar-refractivity contribution in [1.29, 1.82) is 0 Å². The first-order valence-corrected chi connectivity index (χ1v) is 11.9. The first kappa shape index (κ1) is 22.2. The normalized spacial score (nSPS) is 23.5. The number of nitrogens with one attached hydrogen (secondary N) is 1. The Morgan fingerprint density at radius 1 is 1.21 bits per heavy atom. The molecule has 1 aromatic heterocycles. The van der Waals surface area contributed by atoms with Crippen LogP contribution in [-0.2, 0) is 16.6 Å². The molecule has 2 aliphatic rings. The second-order valence-corrected chi connectivity index (χ2v) is 10.4. The predicted octanol–water partition coefficient (Wildman–Crippen LogP) is 6.27. The highest BCUT2D eigenvalue weighted by Gasteiger charge is 2.61. The Morgan fingerprint density at radius 3 is 2.70 bits per heavy atom. The Morgan fingerprint density at radius 2 is 1.97 bits per heavy atom. The molecule has 0 saturated carbocycles. The first-order chi connectivity index (χ1) is 15.7. The summed E-state index contributed by atoms with van der Waals surface area (Å²) in [6.45, 7) is 10.8. The summed E-state index contributed by atoms with van der Waals surface area (Å²) in [7, 11) is 0. The summed E-state index contributed by atoms with van der Waals surface area (Å²) >= 11 is 12.7. The Balaban J connectivity index is 1.85. The van der Waals surface area contributed by atoms with Crippen molar-refractivity contribution in [1.82, 2.24) is 14.8 Å². The van der Waals surface area contributed by atoms with Crippen LogP contribution >= 0.6 is 23.2 Å². The highest BCUT2D eigenvalue weighted by Crippen LogP contribution is 2.59. The lowest BCUT2D eigenvalue weighted by Gasteiger charge is -2.48. The van der Waals surface area contributed by atoms with Gasteiger partial charge in [-0.15, -0.1) is 10.2 Å². The van der Waals surface area contributed by atoms with Crippen LogP contribution in [0.5, 0.6) is 0 Å². The number of hydrogen-bond donors (Lipinski definition) is 1. The maximum absolute atomic E-state index is 14.1. The van der Waals surface area contributed by atoms with Crippen LogP contribution in [0.25, 0.3) is 0 Å². The summed E-state index contributed by atoms with van der Waals surface area (Å²) in [5.41, 5.74) is 2.72. The maximum atomic E-state index is 14.1. The average molecular weight is 481 g/mol. The molecule has 5 nitrogen and oxygen atoms in total. The molecule has 7 heteroatoms. The molecule has 0 bridgehead atoms. The fourth-order valence-electron chi connectivity index (χ4n) is 5.82. The summed E-state index contributed by atoms with van der Waals surface area (Å²) in [6, 6.07) is 13.1. The summed E-state index contributed by atoms with van der Waals surface area (Å²) in [4.78, 5) is 14.1. The van der Waals surface area contributed by atoms with Crippen LogP contribution < -0.4 is 5.32 Å². The van der Waals surface area contributed by atoms with Gasteiger partial charge in [0.1, 0.15) is 17.1 Å². The largest absolute Gasteiger partial charge is 0.325 e. The predicted molar refractivity (Wildman–Crippen MR) is 132 cm³/mol. The van der Waals surface area contributed by atoms with Gasteiger partial charge in [0.15, 0.2) is 0 Å². The van der Waals surface area contributed by atoms with Gasteiger partial charge in [-0.25, -0.2) is 0 Å². The molecule has 3 aromatic rings. The van der Waals surface area contributed by atoms with E-state index in [-0.39, 0.29) is 17.9 Å². The van der Waals surface area contributed by atoms with Crippen molar-refractivity contribution in [3.8, 4) is 0 Å². The summed E-state index contributed by atoms with van der Waals surface area (Å²) in [6.07, 6.45) is 1.34. The highest BCUT2D eigenvalue weighted by molar-refractivity contribution is 6.31. The molecule has 170 valence electrons. The lowest BCUT2D eigenvalue weighted by Crippen LogP contribution is -2.52. The monoisotopic (exact) mass is 480 g/mol. The molecule has 2 aliphatic heterocycles. The van der Waals surface area contributed by atoms with Crippen molar-refractivity contribution in [3.05, 3.63) is 87.4 Å². The number of anilines is 1. The fraction of sp³-hybridized carbons (Fsp3) is 0.346. The summed E-state index contributed by atoms with van der Waals surface area (Å²) in [5.74, 6) is 1.75. The van der Waals surface area contributed by atoms with E-state index < -0.39 is 5.41 Å². The van der Waals surface area contributed by atoms with Crippen molar-refractivity contribution in [3.63, 3.8) is 0 Å². The van der Waals surface area contributed by atoms with Crippen molar-refractivity contribution in [2.24, 2.45) is 5.92 Å². The van der Waals surface area contributed by atoms with Crippen LogP contribution in [0.2, 0.25) is 10.0 Å². The van der Waals surface area contributed by atoms with Gasteiger partial charge in [-0.3, -0.25) is 4.79 Å². The second-order valence-electron chi connectivity index (χ2n) is 9.52. The Bertz CT molecular complexity index is 1280. The molecule has 5 rings (SSSR count). The van der Waals surface area contributed by atoms with Crippen LogP contribution in [0.3, 0.4) is 0 Å². The number of rotatable bonds is 4. The highest BCUT2D eigenvalue weighted by atomic mass is 35.5. The molecular formula is C26H26Cl2N4O. The van der Waals surface area contributed by atoms with Gasteiger partial charge < -0.3 is 9.88 Å². The number of amides is 1. The summed E-state index contributed by atoms with van der Waals surface area (Å²) in [5, 5.41) is 13.3. The smallest absolute Gasteiger partial charge is 0.238 e. The Labute approximate surface area is 203 Å². The lowest BCUT2D eigenvalue weighted by molar-refractivity contribution is -0.123. The van der Waals surface area contributed by atoms with Crippen LogP contribution in [0.15, 0.2) is 54.6 Å². The van der Waals surface area contributed by atoms with Gasteiger partial charge in [-0.05, 0) is 54.7 Å². The number of nitrogens with zero attached hydrogens (tertiary/aromatic N) is 3. The zero-order chi connectivity index (χ0) is 23.5. The van der Waals surface area contributed by atoms with Crippen LogP contribution in [0.4, 0.5) is 5.69 Å². The average Bonchev–Trinajstić information content (AvgIpc) is 3.24. The molecule has 0 unspecified atom stereocenters. The molecule has 1 spiro atoms. The van der Waals surface area contributed by atoms with Gasteiger partial charge in [0.25, 0.3) is 0 Å². The zero-order valence-corrected chi connectivity index (χ0v) is 20.4. The van der Waals surface area contributed by atoms with Crippen LogP contribution in [0.1, 0.15) is 55.0 Å². The van der Waals surface area contributed by atoms with Crippen molar-refractivity contribution < 1.29 is 4.79 Å². The first-order valence-electron chi connectivity index (χ1n) is 11.2. The number of benzene rings is 2. The third-order valence-corrected chi connectivity index (χ3v) is 7.39. The number of hydrogen-bond acceptors (Lipinski definition) is 3. The molecule has 33 heavy (non-hydrogen) atoms. The van der Waals surface area contributed by atoms with Gasteiger partial charge in [-0.1, -0.05) is 67.4 Å².